The van der Waals surface area contributed by atoms with Gasteiger partial charge in [0.15, 0.2) is 5.16 Å². The molecule has 2 N–H and O–H groups in total. The monoisotopic (exact) mass is 412 g/mol. The Kier molecular flexibility index (Phi) is 6.47. The molecule has 1 atom stereocenters. The van der Waals surface area contributed by atoms with Gasteiger partial charge in [0.2, 0.25) is 5.91 Å². The second-order valence-corrected chi connectivity index (χ2v) is 8.60. The van der Waals surface area contributed by atoms with E-state index in [1.165, 1.54) is 17.3 Å². The van der Waals surface area contributed by atoms with Crippen molar-refractivity contribution in [2.75, 3.05) is 11.1 Å². The van der Waals surface area contributed by atoms with Crippen LogP contribution in [0.15, 0.2) is 40.3 Å². The van der Waals surface area contributed by atoms with Gasteiger partial charge in [-0.05, 0) is 49.9 Å². The average Bonchev–Trinajstić information content (AvgIpc) is 3.06. The van der Waals surface area contributed by atoms with Gasteiger partial charge in [-0.1, -0.05) is 44.7 Å². The maximum absolute atomic E-state index is 13.0. The number of hydrogen-bond acceptors (Lipinski definition) is 4. The molecule has 1 amide bonds. The van der Waals surface area contributed by atoms with E-state index in [1.54, 1.807) is 4.57 Å². The second kappa shape index (κ2) is 8.86. The number of benzene rings is 1. The quantitative estimate of drug-likeness (QED) is 0.429. The van der Waals surface area contributed by atoms with E-state index in [2.05, 4.69) is 35.2 Å². The molecule has 0 spiro atoms. The summed E-state index contributed by atoms with van der Waals surface area (Å²) in [7, 11) is 0. The van der Waals surface area contributed by atoms with Crippen molar-refractivity contribution in [1.82, 2.24) is 14.5 Å². The Morgan fingerprint density at radius 3 is 2.72 bits per heavy atom. The number of nitrogens with one attached hydrogen (secondary N) is 2. The Bertz CT molecular complexity index is 1080. The molecule has 2 heterocycles. The van der Waals surface area contributed by atoms with Crippen molar-refractivity contribution in [3.8, 4) is 0 Å². The van der Waals surface area contributed by atoms with Gasteiger partial charge >= 0.3 is 0 Å². The van der Waals surface area contributed by atoms with Crippen LogP contribution in [-0.4, -0.2) is 26.2 Å². The highest BCUT2D eigenvalue weighted by molar-refractivity contribution is 7.99. The van der Waals surface area contributed by atoms with Crippen molar-refractivity contribution in [2.24, 2.45) is 0 Å². The molecule has 6 nitrogen and oxygen atoms in total. The van der Waals surface area contributed by atoms with E-state index >= 15 is 0 Å². The zero-order chi connectivity index (χ0) is 21.1. The van der Waals surface area contributed by atoms with Crippen LogP contribution in [0.2, 0.25) is 0 Å². The van der Waals surface area contributed by atoms with Gasteiger partial charge in [-0.3, -0.25) is 14.2 Å². The highest BCUT2D eigenvalue weighted by atomic mass is 32.2. The molecule has 1 aromatic carbocycles. The molecule has 0 unspecified atom stereocenters. The molecule has 29 heavy (non-hydrogen) atoms. The minimum absolute atomic E-state index is 0.00343. The van der Waals surface area contributed by atoms with Gasteiger partial charge in [0.1, 0.15) is 5.52 Å². The molecule has 3 rings (SSSR count). The van der Waals surface area contributed by atoms with E-state index in [9.17, 15) is 9.59 Å². The molecular formula is C22H28N4O2S. The van der Waals surface area contributed by atoms with E-state index in [0.717, 1.165) is 17.8 Å². The van der Waals surface area contributed by atoms with Gasteiger partial charge in [0.25, 0.3) is 5.56 Å². The summed E-state index contributed by atoms with van der Waals surface area (Å²) in [6.07, 6.45) is 0.800. The molecule has 0 saturated heterocycles. The van der Waals surface area contributed by atoms with Gasteiger partial charge < -0.3 is 10.3 Å². The molecule has 154 valence electrons. The Labute approximate surface area is 175 Å². The zero-order valence-corrected chi connectivity index (χ0v) is 18.4. The second-order valence-electron chi connectivity index (χ2n) is 7.66. The SMILES string of the molecule is CC[C@@H](C)n1c(SCC(=O)Nc2cccc(C(C)C)c2)nc2cc(C)[nH]c2c1=O. The molecule has 0 saturated carbocycles. The van der Waals surface area contributed by atoms with Crippen molar-refractivity contribution >= 4 is 34.4 Å². The van der Waals surface area contributed by atoms with Crippen LogP contribution < -0.4 is 10.9 Å². The first-order chi connectivity index (χ1) is 13.8. The van der Waals surface area contributed by atoms with Crippen LogP contribution >= 0.6 is 11.8 Å². The molecule has 0 aliphatic carbocycles. The van der Waals surface area contributed by atoms with Crippen LogP contribution in [0.25, 0.3) is 11.0 Å². The van der Waals surface area contributed by atoms with E-state index in [4.69, 9.17) is 0 Å². The Morgan fingerprint density at radius 1 is 1.28 bits per heavy atom. The predicted molar refractivity (Wildman–Crippen MR) is 120 cm³/mol. The average molecular weight is 413 g/mol. The number of amides is 1. The number of carbonyl (C=O) groups excluding carboxylic acids is 1. The first-order valence-electron chi connectivity index (χ1n) is 9.94. The molecular weight excluding hydrogens is 384 g/mol. The fraction of sp³-hybridized carbons (Fsp3) is 0.409. The summed E-state index contributed by atoms with van der Waals surface area (Å²) in [5, 5.41) is 3.52. The summed E-state index contributed by atoms with van der Waals surface area (Å²) < 4.78 is 1.69. The van der Waals surface area contributed by atoms with Crippen LogP contribution in [-0.2, 0) is 4.79 Å². The van der Waals surface area contributed by atoms with Crippen molar-refractivity contribution in [2.45, 2.75) is 58.2 Å². The summed E-state index contributed by atoms with van der Waals surface area (Å²) in [4.78, 5) is 33.3. The van der Waals surface area contributed by atoms with Crippen LogP contribution in [0.5, 0.6) is 0 Å². The number of aryl methyl sites for hydroxylation is 1. The number of rotatable bonds is 7. The van der Waals surface area contributed by atoms with Gasteiger partial charge in [0.05, 0.1) is 11.3 Å². The lowest BCUT2D eigenvalue weighted by Crippen LogP contribution is -2.26. The van der Waals surface area contributed by atoms with Crippen molar-refractivity contribution < 1.29 is 4.79 Å². The standard InChI is InChI=1S/C22H28N4O2S/c1-6-15(5)26-21(28)20-18(10-14(4)23-20)25-22(26)29-12-19(27)24-17-9-7-8-16(11-17)13(2)3/h7-11,13,15,23H,6,12H2,1-5H3,(H,24,27)/t15-/m1/s1. The van der Waals surface area contributed by atoms with Crippen molar-refractivity contribution in [3.63, 3.8) is 0 Å². The number of aromatic amines is 1. The molecule has 2 aromatic heterocycles. The third-order valence-corrected chi connectivity index (χ3v) is 5.94. The number of thioether (sulfide) groups is 1. The number of carbonyl (C=O) groups is 1. The predicted octanol–water partition coefficient (Wildman–Crippen LogP) is 4.86. The smallest absolute Gasteiger partial charge is 0.278 e. The molecule has 3 aromatic rings. The first-order valence-corrected chi connectivity index (χ1v) is 10.9. The fourth-order valence-corrected chi connectivity index (χ4v) is 4.06. The maximum atomic E-state index is 13.0. The first kappa shape index (κ1) is 21.2. The third kappa shape index (κ3) is 4.72. The topological polar surface area (TPSA) is 79.8 Å². The molecule has 0 fully saturated rings. The number of H-pyrrole nitrogens is 1. The van der Waals surface area contributed by atoms with Gasteiger partial charge in [-0.15, -0.1) is 0 Å². The maximum Gasteiger partial charge on any atom is 0.278 e. The lowest BCUT2D eigenvalue weighted by atomic mass is 10.0. The van der Waals surface area contributed by atoms with E-state index in [-0.39, 0.29) is 23.3 Å². The molecule has 0 bridgehead atoms. The van der Waals surface area contributed by atoms with Crippen LogP contribution in [0.1, 0.15) is 57.3 Å². The van der Waals surface area contributed by atoms with Gasteiger partial charge in [-0.2, -0.15) is 0 Å². The summed E-state index contributed by atoms with van der Waals surface area (Å²) in [6.45, 7) is 10.2. The number of fused-ring (bicyclic) bond motifs is 1. The Morgan fingerprint density at radius 2 is 2.03 bits per heavy atom. The highest BCUT2D eigenvalue weighted by Crippen LogP contribution is 2.23. The highest BCUT2D eigenvalue weighted by Gasteiger charge is 2.18. The lowest BCUT2D eigenvalue weighted by Gasteiger charge is -2.17. The normalized spacial score (nSPS) is 12.5. The number of anilines is 1. The van der Waals surface area contributed by atoms with E-state index in [0.29, 0.717) is 22.1 Å². The Hall–Kier alpha value is -2.54. The minimum atomic E-state index is -0.119. The Balaban J connectivity index is 1.81. The molecule has 0 aliphatic rings. The lowest BCUT2D eigenvalue weighted by molar-refractivity contribution is -0.113. The third-order valence-electron chi connectivity index (χ3n) is 4.99. The van der Waals surface area contributed by atoms with Crippen LogP contribution in [0.4, 0.5) is 5.69 Å². The van der Waals surface area contributed by atoms with E-state index < -0.39 is 0 Å². The number of hydrogen-bond donors (Lipinski definition) is 2. The summed E-state index contributed by atoms with van der Waals surface area (Å²) in [5.74, 6) is 0.460. The van der Waals surface area contributed by atoms with Crippen LogP contribution in [0, 0.1) is 6.92 Å². The van der Waals surface area contributed by atoms with Crippen molar-refractivity contribution in [3.05, 3.63) is 51.9 Å². The molecule has 0 aliphatic heterocycles. The summed E-state index contributed by atoms with van der Waals surface area (Å²) in [5.41, 5.74) is 3.92. The largest absolute Gasteiger partial charge is 0.353 e. The van der Waals surface area contributed by atoms with E-state index in [1.807, 2.05) is 45.0 Å². The number of aromatic nitrogens is 3. The summed E-state index contributed by atoms with van der Waals surface area (Å²) >= 11 is 1.29. The van der Waals surface area contributed by atoms with Gasteiger partial charge in [0, 0.05) is 17.4 Å². The molecule has 7 heteroatoms. The minimum Gasteiger partial charge on any atom is -0.353 e. The fourth-order valence-electron chi connectivity index (χ4n) is 3.17. The van der Waals surface area contributed by atoms with Crippen LogP contribution in [0.3, 0.4) is 0 Å². The number of nitrogens with zero attached hydrogens (tertiary/aromatic N) is 2. The summed E-state index contributed by atoms with van der Waals surface area (Å²) in [6, 6.07) is 9.74. The molecule has 0 radical (unpaired) electrons. The van der Waals surface area contributed by atoms with Crippen molar-refractivity contribution in [1.29, 1.82) is 0 Å². The zero-order valence-electron chi connectivity index (χ0n) is 17.6. The van der Waals surface area contributed by atoms with Gasteiger partial charge in [-0.25, -0.2) is 4.98 Å².